The zero-order chi connectivity index (χ0) is 17.7. The number of ether oxygens (including phenoxy) is 2. The van der Waals surface area contributed by atoms with E-state index in [9.17, 15) is 4.79 Å². The Labute approximate surface area is 143 Å². The van der Waals surface area contributed by atoms with E-state index in [4.69, 9.17) is 9.47 Å². The van der Waals surface area contributed by atoms with E-state index in [1.54, 1.807) is 26.2 Å². The molecular formula is C20H25NO3. The van der Waals surface area contributed by atoms with Crippen LogP contribution < -0.4 is 14.8 Å². The van der Waals surface area contributed by atoms with Crippen molar-refractivity contribution in [2.24, 2.45) is 0 Å². The molecule has 4 heteroatoms. The normalized spacial score (nSPS) is 13.0. The summed E-state index contributed by atoms with van der Waals surface area (Å²) >= 11 is 0. The summed E-state index contributed by atoms with van der Waals surface area (Å²) in [4.78, 5) is 12.4. The van der Waals surface area contributed by atoms with Gasteiger partial charge in [-0.15, -0.1) is 0 Å². The lowest BCUT2D eigenvalue weighted by Crippen LogP contribution is -2.37. The van der Waals surface area contributed by atoms with E-state index in [-0.39, 0.29) is 11.9 Å². The van der Waals surface area contributed by atoms with Crippen molar-refractivity contribution in [2.45, 2.75) is 39.8 Å². The van der Waals surface area contributed by atoms with Crippen LogP contribution in [0.25, 0.3) is 0 Å². The Morgan fingerprint density at radius 1 is 1.00 bits per heavy atom. The lowest BCUT2D eigenvalue weighted by Gasteiger charge is -2.20. The minimum atomic E-state index is -0.592. The first-order valence-electron chi connectivity index (χ1n) is 8.09. The van der Waals surface area contributed by atoms with Crippen LogP contribution in [0.15, 0.2) is 42.5 Å². The van der Waals surface area contributed by atoms with Crippen LogP contribution in [-0.4, -0.2) is 19.1 Å². The molecule has 4 nitrogen and oxygen atoms in total. The minimum Gasteiger partial charge on any atom is -0.497 e. The van der Waals surface area contributed by atoms with Gasteiger partial charge in [0.05, 0.1) is 13.2 Å². The van der Waals surface area contributed by atoms with Crippen LogP contribution >= 0.6 is 0 Å². The molecule has 0 aliphatic rings. The number of amides is 1. The van der Waals surface area contributed by atoms with Crippen LogP contribution in [-0.2, 0) is 4.79 Å². The maximum atomic E-state index is 12.4. The summed E-state index contributed by atoms with van der Waals surface area (Å²) in [5.41, 5.74) is 3.54. The Hall–Kier alpha value is -2.49. The van der Waals surface area contributed by atoms with E-state index in [0.29, 0.717) is 11.5 Å². The molecule has 128 valence electrons. The largest absolute Gasteiger partial charge is 0.497 e. The molecule has 2 aromatic carbocycles. The molecule has 2 atom stereocenters. The number of hydrogen-bond acceptors (Lipinski definition) is 3. The van der Waals surface area contributed by atoms with Crippen LogP contribution in [0.5, 0.6) is 11.5 Å². The zero-order valence-corrected chi connectivity index (χ0v) is 14.9. The molecule has 0 saturated carbocycles. The molecule has 2 rings (SSSR count). The van der Waals surface area contributed by atoms with Gasteiger partial charge >= 0.3 is 0 Å². The molecule has 1 amide bonds. The Morgan fingerprint density at radius 3 is 2.38 bits per heavy atom. The van der Waals surface area contributed by atoms with Crippen molar-refractivity contribution >= 4 is 5.91 Å². The van der Waals surface area contributed by atoms with Gasteiger partial charge in [-0.05, 0) is 56.5 Å². The van der Waals surface area contributed by atoms with Crippen LogP contribution in [0, 0.1) is 13.8 Å². The van der Waals surface area contributed by atoms with Crippen molar-refractivity contribution in [2.75, 3.05) is 7.11 Å². The summed E-state index contributed by atoms with van der Waals surface area (Å²) in [5, 5.41) is 3.00. The third kappa shape index (κ3) is 4.51. The van der Waals surface area contributed by atoms with E-state index in [2.05, 4.69) is 31.3 Å². The molecule has 1 N–H and O–H groups in total. The van der Waals surface area contributed by atoms with Gasteiger partial charge in [-0.1, -0.05) is 24.3 Å². The lowest BCUT2D eigenvalue weighted by molar-refractivity contribution is -0.127. The van der Waals surface area contributed by atoms with Gasteiger partial charge in [-0.2, -0.15) is 0 Å². The van der Waals surface area contributed by atoms with Gasteiger partial charge in [-0.3, -0.25) is 4.79 Å². The highest BCUT2D eigenvalue weighted by Crippen LogP contribution is 2.21. The quantitative estimate of drug-likeness (QED) is 0.874. The van der Waals surface area contributed by atoms with Crippen molar-refractivity contribution in [1.82, 2.24) is 5.32 Å². The first kappa shape index (κ1) is 17.9. The number of rotatable bonds is 6. The summed E-state index contributed by atoms with van der Waals surface area (Å²) in [5.74, 6) is 1.16. The minimum absolute atomic E-state index is 0.0758. The SMILES string of the molecule is COc1cccc(O[C@@H](C)C(=O)N[C@@H](C)c2ccc(C)c(C)c2)c1. The number of carbonyl (C=O) groups excluding carboxylic acids is 1. The van der Waals surface area contributed by atoms with Gasteiger partial charge in [-0.25, -0.2) is 0 Å². The van der Waals surface area contributed by atoms with Gasteiger partial charge < -0.3 is 14.8 Å². The second-order valence-electron chi connectivity index (χ2n) is 6.01. The fraction of sp³-hybridized carbons (Fsp3) is 0.350. The highest BCUT2D eigenvalue weighted by atomic mass is 16.5. The van der Waals surface area contributed by atoms with Crippen molar-refractivity contribution in [1.29, 1.82) is 0 Å². The Kier molecular flexibility index (Phi) is 5.85. The average molecular weight is 327 g/mol. The Morgan fingerprint density at radius 2 is 1.71 bits per heavy atom. The second-order valence-corrected chi connectivity index (χ2v) is 6.01. The van der Waals surface area contributed by atoms with Crippen LogP contribution in [0.3, 0.4) is 0 Å². The first-order valence-corrected chi connectivity index (χ1v) is 8.09. The lowest BCUT2D eigenvalue weighted by atomic mass is 10.0. The molecule has 0 aliphatic heterocycles. The van der Waals surface area contributed by atoms with Crippen LogP contribution in [0.1, 0.15) is 36.6 Å². The van der Waals surface area contributed by atoms with E-state index in [0.717, 1.165) is 5.56 Å². The second kappa shape index (κ2) is 7.86. The van der Waals surface area contributed by atoms with Gasteiger partial charge in [0.15, 0.2) is 6.10 Å². The predicted molar refractivity (Wildman–Crippen MR) is 95.6 cm³/mol. The summed E-state index contributed by atoms with van der Waals surface area (Å²) in [6.45, 7) is 7.86. The molecule has 0 bridgehead atoms. The molecule has 0 heterocycles. The molecule has 0 unspecified atom stereocenters. The molecule has 0 spiro atoms. The van der Waals surface area contributed by atoms with E-state index < -0.39 is 6.10 Å². The van der Waals surface area contributed by atoms with Crippen molar-refractivity contribution < 1.29 is 14.3 Å². The van der Waals surface area contributed by atoms with E-state index >= 15 is 0 Å². The highest BCUT2D eigenvalue weighted by molar-refractivity contribution is 5.81. The third-order valence-electron chi connectivity index (χ3n) is 4.11. The number of carbonyl (C=O) groups is 1. The average Bonchev–Trinajstić information content (AvgIpc) is 2.57. The molecule has 24 heavy (non-hydrogen) atoms. The highest BCUT2D eigenvalue weighted by Gasteiger charge is 2.18. The number of hydrogen-bond donors (Lipinski definition) is 1. The van der Waals surface area contributed by atoms with Gasteiger partial charge in [0, 0.05) is 6.07 Å². The Balaban J connectivity index is 1.98. The van der Waals surface area contributed by atoms with Crippen molar-refractivity contribution in [3.8, 4) is 11.5 Å². The number of aryl methyl sites for hydroxylation is 2. The summed E-state index contributed by atoms with van der Waals surface area (Å²) in [7, 11) is 1.60. The number of benzene rings is 2. The molecule has 0 saturated heterocycles. The molecule has 0 fully saturated rings. The van der Waals surface area contributed by atoms with Gasteiger partial charge in [0.2, 0.25) is 0 Å². The predicted octanol–water partition coefficient (Wildman–Crippen LogP) is 3.96. The Bertz CT molecular complexity index is 712. The van der Waals surface area contributed by atoms with Crippen molar-refractivity contribution in [3.05, 3.63) is 59.2 Å². The number of methoxy groups -OCH3 is 1. The summed E-state index contributed by atoms with van der Waals surface area (Å²) in [6, 6.07) is 13.4. The fourth-order valence-electron chi connectivity index (χ4n) is 2.38. The number of nitrogens with one attached hydrogen (secondary N) is 1. The van der Waals surface area contributed by atoms with E-state index in [1.165, 1.54) is 11.1 Å². The van der Waals surface area contributed by atoms with Gasteiger partial charge in [0.1, 0.15) is 11.5 Å². The van der Waals surface area contributed by atoms with Crippen LogP contribution in [0.4, 0.5) is 0 Å². The first-order chi connectivity index (χ1) is 11.4. The molecule has 0 aliphatic carbocycles. The van der Waals surface area contributed by atoms with Crippen molar-refractivity contribution in [3.63, 3.8) is 0 Å². The topological polar surface area (TPSA) is 47.6 Å². The standard InChI is InChI=1S/C20H25NO3/c1-13-9-10-17(11-14(13)2)15(3)21-20(22)16(4)24-19-8-6-7-18(12-19)23-5/h6-12,15-16H,1-5H3,(H,21,22)/t15-,16-/m0/s1. The molecule has 0 radical (unpaired) electrons. The molecule has 0 aromatic heterocycles. The van der Waals surface area contributed by atoms with E-state index in [1.807, 2.05) is 25.1 Å². The maximum Gasteiger partial charge on any atom is 0.261 e. The maximum absolute atomic E-state index is 12.4. The summed E-state index contributed by atoms with van der Waals surface area (Å²) in [6.07, 6.45) is -0.592. The van der Waals surface area contributed by atoms with Crippen LogP contribution in [0.2, 0.25) is 0 Å². The molecule has 2 aromatic rings. The van der Waals surface area contributed by atoms with Gasteiger partial charge in [0.25, 0.3) is 5.91 Å². The monoisotopic (exact) mass is 327 g/mol. The molecular weight excluding hydrogens is 302 g/mol. The fourth-order valence-corrected chi connectivity index (χ4v) is 2.38. The smallest absolute Gasteiger partial charge is 0.261 e. The third-order valence-corrected chi connectivity index (χ3v) is 4.11. The zero-order valence-electron chi connectivity index (χ0n) is 14.9. The summed E-state index contributed by atoms with van der Waals surface area (Å²) < 4.78 is 10.9.